The van der Waals surface area contributed by atoms with E-state index >= 15 is 0 Å². The highest BCUT2D eigenvalue weighted by molar-refractivity contribution is 7.16. The van der Waals surface area contributed by atoms with Crippen molar-refractivity contribution in [3.63, 3.8) is 0 Å². The number of methoxy groups -OCH3 is 1. The van der Waals surface area contributed by atoms with Crippen molar-refractivity contribution in [2.24, 2.45) is 12.0 Å². The molecule has 4 rings (SSSR count). The summed E-state index contributed by atoms with van der Waals surface area (Å²) < 4.78 is 7.69. The number of carbonyl (C=O) groups is 2. The summed E-state index contributed by atoms with van der Waals surface area (Å²) in [5.41, 5.74) is 1.88. The third kappa shape index (κ3) is 3.04. The van der Waals surface area contributed by atoms with E-state index in [1.165, 1.54) is 18.4 Å². The Morgan fingerprint density at radius 3 is 2.41 bits per heavy atom. The first-order valence-electron chi connectivity index (χ1n) is 8.33. The fourth-order valence-electron chi connectivity index (χ4n) is 3.04. The lowest BCUT2D eigenvalue weighted by Gasteiger charge is -2.02. The number of aryl methyl sites for hydroxylation is 1. The molecule has 1 aromatic heterocycles. The standard InChI is InChI=1S/C21H16N2O3S/c1-23-18-16-6-4-3-5-13(16)11-12-17(18)27-21(23)22-19(24)14-7-9-15(10-8-14)20(25)26-2/h3-12H,1-2H3. The van der Waals surface area contributed by atoms with Crippen LogP contribution in [0.3, 0.4) is 0 Å². The zero-order chi connectivity index (χ0) is 19.0. The van der Waals surface area contributed by atoms with E-state index in [1.54, 1.807) is 24.3 Å². The van der Waals surface area contributed by atoms with Crippen molar-refractivity contribution in [1.29, 1.82) is 0 Å². The number of fused-ring (bicyclic) bond motifs is 3. The van der Waals surface area contributed by atoms with Crippen molar-refractivity contribution in [3.8, 4) is 0 Å². The van der Waals surface area contributed by atoms with Crippen molar-refractivity contribution in [2.75, 3.05) is 7.11 Å². The Kier molecular flexibility index (Phi) is 4.33. The summed E-state index contributed by atoms with van der Waals surface area (Å²) in [6, 6.07) is 18.6. The van der Waals surface area contributed by atoms with Crippen LogP contribution in [0.5, 0.6) is 0 Å². The molecular weight excluding hydrogens is 360 g/mol. The minimum absolute atomic E-state index is 0.349. The number of aromatic nitrogens is 1. The second-order valence-corrected chi connectivity index (χ2v) is 7.07. The molecule has 3 aromatic carbocycles. The van der Waals surface area contributed by atoms with E-state index in [4.69, 9.17) is 0 Å². The maximum absolute atomic E-state index is 12.6. The van der Waals surface area contributed by atoms with Crippen molar-refractivity contribution >= 4 is 44.2 Å². The first-order valence-corrected chi connectivity index (χ1v) is 9.15. The number of amides is 1. The van der Waals surface area contributed by atoms with Crippen LogP contribution in [0.15, 0.2) is 65.7 Å². The van der Waals surface area contributed by atoms with Crippen LogP contribution in [0.25, 0.3) is 21.0 Å². The van der Waals surface area contributed by atoms with Crippen LogP contribution in [-0.2, 0) is 11.8 Å². The molecule has 0 unspecified atom stereocenters. The molecule has 0 aliphatic carbocycles. The van der Waals surface area contributed by atoms with Gasteiger partial charge in [0.05, 0.1) is 22.9 Å². The van der Waals surface area contributed by atoms with Gasteiger partial charge in [0.25, 0.3) is 5.91 Å². The van der Waals surface area contributed by atoms with Gasteiger partial charge in [-0.3, -0.25) is 4.79 Å². The Hall–Kier alpha value is -3.25. The summed E-state index contributed by atoms with van der Waals surface area (Å²) in [6.45, 7) is 0. The molecule has 0 saturated heterocycles. The minimum Gasteiger partial charge on any atom is -0.465 e. The predicted octanol–water partition coefficient (Wildman–Crippen LogP) is 3.92. The molecule has 134 valence electrons. The van der Waals surface area contributed by atoms with E-state index in [-0.39, 0.29) is 5.91 Å². The first-order chi connectivity index (χ1) is 13.1. The smallest absolute Gasteiger partial charge is 0.337 e. The second kappa shape index (κ2) is 6.81. The highest BCUT2D eigenvalue weighted by atomic mass is 32.1. The van der Waals surface area contributed by atoms with Gasteiger partial charge in [-0.05, 0) is 35.7 Å². The zero-order valence-corrected chi connectivity index (χ0v) is 15.6. The molecule has 6 heteroatoms. The average Bonchev–Trinajstić information content (AvgIpc) is 3.03. The molecule has 0 aliphatic heterocycles. The van der Waals surface area contributed by atoms with Crippen LogP contribution in [0.1, 0.15) is 20.7 Å². The molecule has 4 aromatic rings. The zero-order valence-electron chi connectivity index (χ0n) is 14.8. The number of nitrogens with zero attached hydrogens (tertiary/aromatic N) is 2. The Bertz CT molecular complexity index is 1250. The van der Waals surface area contributed by atoms with Crippen LogP contribution in [0.2, 0.25) is 0 Å². The lowest BCUT2D eigenvalue weighted by Crippen LogP contribution is -2.13. The molecule has 0 radical (unpaired) electrons. The molecule has 1 heterocycles. The van der Waals surface area contributed by atoms with Gasteiger partial charge >= 0.3 is 5.97 Å². The number of ether oxygens (including phenoxy) is 1. The van der Waals surface area contributed by atoms with E-state index in [9.17, 15) is 9.59 Å². The number of benzene rings is 3. The highest BCUT2D eigenvalue weighted by Gasteiger charge is 2.11. The number of hydrogen-bond acceptors (Lipinski definition) is 4. The maximum Gasteiger partial charge on any atom is 0.337 e. The summed E-state index contributed by atoms with van der Waals surface area (Å²) in [4.78, 5) is 29.0. The summed E-state index contributed by atoms with van der Waals surface area (Å²) in [6.07, 6.45) is 0. The van der Waals surface area contributed by atoms with Gasteiger partial charge in [-0.1, -0.05) is 41.7 Å². The molecule has 0 spiro atoms. The van der Waals surface area contributed by atoms with Gasteiger partial charge in [-0.25, -0.2) is 4.79 Å². The van der Waals surface area contributed by atoms with Crippen LogP contribution in [-0.4, -0.2) is 23.6 Å². The summed E-state index contributed by atoms with van der Waals surface area (Å²) in [7, 11) is 3.24. The molecule has 0 bridgehead atoms. The largest absolute Gasteiger partial charge is 0.465 e. The molecule has 0 N–H and O–H groups in total. The lowest BCUT2D eigenvalue weighted by atomic mass is 10.1. The van der Waals surface area contributed by atoms with Gasteiger partial charge in [0.15, 0.2) is 4.80 Å². The van der Waals surface area contributed by atoms with Crippen molar-refractivity contribution in [2.45, 2.75) is 0 Å². The van der Waals surface area contributed by atoms with Crippen LogP contribution < -0.4 is 4.80 Å². The number of hydrogen-bond donors (Lipinski definition) is 0. The Morgan fingerprint density at radius 1 is 0.963 bits per heavy atom. The van der Waals surface area contributed by atoms with Gasteiger partial charge in [0.2, 0.25) is 0 Å². The fraction of sp³-hybridized carbons (Fsp3) is 0.0952. The van der Waals surface area contributed by atoms with Crippen LogP contribution >= 0.6 is 11.3 Å². The van der Waals surface area contributed by atoms with Gasteiger partial charge < -0.3 is 9.30 Å². The third-order valence-electron chi connectivity index (χ3n) is 4.44. The lowest BCUT2D eigenvalue weighted by molar-refractivity contribution is 0.0600. The summed E-state index contributed by atoms with van der Waals surface area (Å²) >= 11 is 1.47. The normalized spacial score (nSPS) is 11.9. The molecule has 1 amide bonds. The summed E-state index contributed by atoms with van der Waals surface area (Å²) in [5, 5.41) is 2.28. The molecule has 27 heavy (non-hydrogen) atoms. The van der Waals surface area contributed by atoms with E-state index in [1.807, 2.05) is 23.7 Å². The number of rotatable bonds is 2. The number of thiazole rings is 1. The minimum atomic E-state index is -0.436. The van der Waals surface area contributed by atoms with Crippen molar-refractivity contribution in [1.82, 2.24) is 4.57 Å². The van der Waals surface area contributed by atoms with Crippen molar-refractivity contribution in [3.05, 3.63) is 76.6 Å². The SMILES string of the molecule is COC(=O)c1ccc(C(=O)N=c2sc3ccc4ccccc4c3n2C)cc1. The van der Waals surface area contributed by atoms with Gasteiger partial charge in [-0.15, -0.1) is 0 Å². The quantitative estimate of drug-likeness (QED) is 0.498. The molecular formula is C21H16N2O3S. The number of esters is 1. The monoisotopic (exact) mass is 376 g/mol. The van der Waals surface area contributed by atoms with E-state index in [0.29, 0.717) is 15.9 Å². The topological polar surface area (TPSA) is 60.7 Å². The average molecular weight is 376 g/mol. The van der Waals surface area contributed by atoms with Gasteiger partial charge in [0, 0.05) is 18.0 Å². The van der Waals surface area contributed by atoms with E-state index in [2.05, 4.69) is 34.0 Å². The van der Waals surface area contributed by atoms with Crippen LogP contribution in [0, 0.1) is 0 Å². The first kappa shape index (κ1) is 17.2. The predicted molar refractivity (Wildman–Crippen MR) is 106 cm³/mol. The molecule has 5 nitrogen and oxygen atoms in total. The van der Waals surface area contributed by atoms with E-state index < -0.39 is 5.97 Å². The third-order valence-corrected chi connectivity index (χ3v) is 5.53. The number of carbonyl (C=O) groups excluding carboxylic acids is 2. The Balaban J connectivity index is 1.78. The molecule has 0 atom stereocenters. The van der Waals surface area contributed by atoms with Crippen molar-refractivity contribution < 1.29 is 14.3 Å². The fourth-order valence-corrected chi connectivity index (χ4v) is 4.08. The molecule has 0 fully saturated rings. The highest BCUT2D eigenvalue weighted by Crippen LogP contribution is 2.26. The summed E-state index contributed by atoms with van der Waals surface area (Å²) in [5.74, 6) is -0.786. The maximum atomic E-state index is 12.6. The second-order valence-electron chi connectivity index (χ2n) is 6.06. The molecule has 0 saturated carbocycles. The van der Waals surface area contributed by atoms with Crippen LogP contribution in [0.4, 0.5) is 0 Å². The Labute approximate surface area is 159 Å². The van der Waals surface area contributed by atoms with Gasteiger partial charge in [0.1, 0.15) is 0 Å². The Morgan fingerprint density at radius 2 is 1.67 bits per heavy atom. The van der Waals surface area contributed by atoms with E-state index in [0.717, 1.165) is 21.0 Å². The molecule has 0 aliphatic rings. The van der Waals surface area contributed by atoms with Gasteiger partial charge in [-0.2, -0.15) is 4.99 Å².